The molecule has 1 atom stereocenters. The fraction of sp³-hybridized carbons (Fsp3) is 0.235. The van der Waals surface area contributed by atoms with Crippen LogP contribution in [0.3, 0.4) is 0 Å². The number of carbonyl (C=O) groups excluding carboxylic acids is 1. The number of carbonyl (C=O) groups is 1. The predicted molar refractivity (Wildman–Crippen MR) is 86.2 cm³/mol. The zero-order chi connectivity index (χ0) is 15.8. The number of rotatable bonds is 7. The molecule has 1 amide bonds. The highest BCUT2D eigenvalue weighted by atomic mass is 32.2. The van der Waals surface area contributed by atoms with Crippen molar-refractivity contribution in [3.63, 3.8) is 0 Å². The highest BCUT2D eigenvalue weighted by molar-refractivity contribution is 7.99. The molecule has 0 aliphatic carbocycles. The number of halogens is 1. The van der Waals surface area contributed by atoms with Gasteiger partial charge in [-0.3, -0.25) is 4.79 Å². The average molecular weight is 319 g/mol. The Labute approximate surface area is 133 Å². The molecule has 0 fully saturated rings. The summed E-state index contributed by atoms with van der Waals surface area (Å²) in [5, 5.41) is 12.5. The van der Waals surface area contributed by atoms with E-state index < -0.39 is 11.9 Å². The van der Waals surface area contributed by atoms with E-state index >= 15 is 0 Å². The number of aliphatic hydroxyl groups is 1. The average Bonchev–Trinajstić information content (AvgIpc) is 2.54. The van der Waals surface area contributed by atoms with Gasteiger partial charge in [-0.2, -0.15) is 0 Å². The molecule has 3 nitrogen and oxygen atoms in total. The lowest BCUT2D eigenvalue weighted by molar-refractivity contribution is -0.121. The molecule has 0 spiro atoms. The van der Waals surface area contributed by atoms with Gasteiger partial charge in [-0.05, 0) is 18.2 Å². The normalized spacial score (nSPS) is 11.9. The van der Waals surface area contributed by atoms with Gasteiger partial charge in [0, 0.05) is 29.2 Å². The standard InChI is InChI=1S/C17H18FNO2S/c18-15-9-5-4-8-14(15)16(20)12-19-17(21)10-11-22-13-6-2-1-3-7-13/h1-9,16,20H,10-12H2,(H,19,21). The molecule has 2 rings (SSSR count). The van der Waals surface area contributed by atoms with Gasteiger partial charge in [-0.15, -0.1) is 11.8 Å². The van der Waals surface area contributed by atoms with Crippen LogP contribution in [0.5, 0.6) is 0 Å². The summed E-state index contributed by atoms with van der Waals surface area (Å²) in [5.74, 6) is 0.0359. The van der Waals surface area contributed by atoms with Gasteiger partial charge in [0.15, 0.2) is 0 Å². The monoisotopic (exact) mass is 319 g/mol. The Morgan fingerprint density at radius 2 is 1.82 bits per heavy atom. The van der Waals surface area contributed by atoms with Gasteiger partial charge >= 0.3 is 0 Å². The van der Waals surface area contributed by atoms with Crippen LogP contribution in [0, 0.1) is 5.82 Å². The van der Waals surface area contributed by atoms with Gasteiger partial charge in [0.2, 0.25) is 5.91 Å². The second kappa shape index (κ2) is 8.56. The van der Waals surface area contributed by atoms with Crippen molar-refractivity contribution < 1.29 is 14.3 Å². The Morgan fingerprint density at radius 1 is 1.14 bits per heavy atom. The maximum Gasteiger partial charge on any atom is 0.220 e. The number of nitrogens with one attached hydrogen (secondary N) is 1. The predicted octanol–water partition coefficient (Wildman–Crippen LogP) is 3.16. The zero-order valence-electron chi connectivity index (χ0n) is 12.0. The summed E-state index contributed by atoms with van der Waals surface area (Å²) in [7, 11) is 0. The van der Waals surface area contributed by atoms with Crippen LogP contribution in [-0.2, 0) is 4.79 Å². The van der Waals surface area contributed by atoms with Crippen LogP contribution >= 0.6 is 11.8 Å². The molecule has 2 aromatic carbocycles. The van der Waals surface area contributed by atoms with E-state index in [1.165, 1.54) is 12.1 Å². The number of benzene rings is 2. The quantitative estimate of drug-likeness (QED) is 0.771. The lowest BCUT2D eigenvalue weighted by Gasteiger charge is -2.13. The number of hydrogen-bond donors (Lipinski definition) is 2. The maximum absolute atomic E-state index is 13.5. The summed E-state index contributed by atoms with van der Waals surface area (Å²) in [4.78, 5) is 12.8. The first-order chi connectivity index (χ1) is 10.7. The molecule has 5 heteroatoms. The van der Waals surface area contributed by atoms with Gasteiger partial charge in [0.1, 0.15) is 5.82 Å². The molecule has 0 aliphatic heterocycles. The molecule has 116 valence electrons. The Balaban J connectivity index is 1.70. The fourth-order valence-corrected chi connectivity index (χ4v) is 2.81. The molecule has 0 saturated heterocycles. The van der Waals surface area contributed by atoms with Gasteiger partial charge in [-0.1, -0.05) is 36.4 Å². The second-order valence-corrected chi connectivity index (χ2v) is 5.92. The third-order valence-corrected chi connectivity index (χ3v) is 4.11. The summed E-state index contributed by atoms with van der Waals surface area (Å²) in [6, 6.07) is 15.8. The number of amides is 1. The van der Waals surface area contributed by atoms with Crippen molar-refractivity contribution in [2.75, 3.05) is 12.3 Å². The first-order valence-electron chi connectivity index (χ1n) is 7.04. The van der Waals surface area contributed by atoms with Gasteiger partial charge in [-0.25, -0.2) is 4.39 Å². The van der Waals surface area contributed by atoms with Crippen molar-refractivity contribution >= 4 is 17.7 Å². The minimum atomic E-state index is -1.04. The van der Waals surface area contributed by atoms with Crippen molar-refractivity contribution in [1.29, 1.82) is 0 Å². The van der Waals surface area contributed by atoms with E-state index in [9.17, 15) is 14.3 Å². The lowest BCUT2D eigenvalue weighted by Crippen LogP contribution is -2.28. The molecule has 22 heavy (non-hydrogen) atoms. The largest absolute Gasteiger partial charge is 0.386 e. The van der Waals surface area contributed by atoms with Gasteiger partial charge < -0.3 is 10.4 Å². The summed E-state index contributed by atoms with van der Waals surface area (Å²) in [5.41, 5.74) is 0.196. The molecule has 1 unspecified atom stereocenters. The highest BCUT2D eigenvalue weighted by Gasteiger charge is 2.13. The van der Waals surface area contributed by atoms with E-state index in [0.29, 0.717) is 12.2 Å². The highest BCUT2D eigenvalue weighted by Crippen LogP contribution is 2.18. The van der Waals surface area contributed by atoms with Gasteiger partial charge in [0.25, 0.3) is 0 Å². The van der Waals surface area contributed by atoms with E-state index in [0.717, 1.165) is 4.90 Å². The number of aliphatic hydroxyl groups excluding tert-OH is 1. The Kier molecular flexibility index (Phi) is 6.43. The lowest BCUT2D eigenvalue weighted by atomic mass is 10.1. The van der Waals surface area contributed by atoms with Crippen molar-refractivity contribution in [3.05, 3.63) is 66.0 Å². The van der Waals surface area contributed by atoms with Crippen LogP contribution in [0.25, 0.3) is 0 Å². The molecular weight excluding hydrogens is 301 g/mol. The molecule has 0 heterocycles. The third kappa shape index (κ3) is 5.16. The van der Waals surface area contributed by atoms with E-state index in [1.807, 2.05) is 30.3 Å². The molecule has 0 aliphatic rings. The minimum Gasteiger partial charge on any atom is -0.386 e. The maximum atomic E-state index is 13.5. The summed E-state index contributed by atoms with van der Waals surface area (Å²) >= 11 is 1.60. The molecule has 2 aromatic rings. The Morgan fingerprint density at radius 3 is 2.55 bits per heavy atom. The van der Waals surface area contributed by atoms with Crippen LogP contribution in [-0.4, -0.2) is 23.3 Å². The van der Waals surface area contributed by atoms with E-state index in [2.05, 4.69) is 5.32 Å². The van der Waals surface area contributed by atoms with Crippen LogP contribution in [0.2, 0.25) is 0 Å². The second-order valence-electron chi connectivity index (χ2n) is 4.75. The summed E-state index contributed by atoms with van der Waals surface area (Å²) in [6.07, 6.45) is -0.685. The van der Waals surface area contributed by atoms with Gasteiger partial charge in [0.05, 0.1) is 6.10 Å². The van der Waals surface area contributed by atoms with Crippen LogP contribution in [0.15, 0.2) is 59.5 Å². The Hall–Kier alpha value is -1.85. The topological polar surface area (TPSA) is 49.3 Å². The van der Waals surface area contributed by atoms with E-state index in [4.69, 9.17) is 0 Å². The number of thioether (sulfide) groups is 1. The van der Waals surface area contributed by atoms with Crippen molar-refractivity contribution in [2.24, 2.45) is 0 Å². The smallest absolute Gasteiger partial charge is 0.220 e. The molecule has 0 aromatic heterocycles. The van der Waals surface area contributed by atoms with Crippen LogP contribution < -0.4 is 5.32 Å². The van der Waals surface area contributed by atoms with E-state index in [-0.39, 0.29) is 18.0 Å². The van der Waals surface area contributed by atoms with Crippen molar-refractivity contribution in [1.82, 2.24) is 5.32 Å². The van der Waals surface area contributed by atoms with E-state index in [1.54, 1.807) is 23.9 Å². The molecule has 0 saturated carbocycles. The van der Waals surface area contributed by atoms with Crippen molar-refractivity contribution in [2.45, 2.75) is 17.4 Å². The SMILES string of the molecule is O=C(CCSc1ccccc1)NCC(O)c1ccccc1F. The fourth-order valence-electron chi connectivity index (χ4n) is 1.93. The van der Waals surface area contributed by atoms with Crippen LogP contribution in [0.4, 0.5) is 4.39 Å². The molecule has 2 N–H and O–H groups in total. The first-order valence-corrected chi connectivity index (χ1v) is 8.02. The minimum absolute atomic E-state index is 0.00969. The number of hydrogen-bond acceptors (Lipinski definition) is 3. The van der Waals surface area contributed by atoms with Crippen molar-refractivity contribution in [3.8, 4) is 0 Å². The first kappa shape index (κ1) is 16.5. The third-order valence-electron chi connectivity index (χ3n) is 3.10. The zero-order valence-corrected chi connectivity index (χ0v) is 12.9. The Bertz CT molecular complexity index is 607. The van der Waals surface area contributed by atoms with Crippen LogP contribution in [0.1, 0.15) is 18.1 Å². The molecular formula is C17H18FNO2S. The molecule has 0 bridgehead atoms. The molecule has 0 radical (unpaired) electrons. The summed E-state index contributed by atoms with van der Waals surface area (Å²) in [6.45, 7) is 0.00969. The summed E-state index contributed by atoms with van der Waals surface area (Å²) < 4.78 is 13.5.